The third-order valence-corrected chi connectivity index (χ3v) is 2.46. The molecule has 0 aliphatic carbocycles. The highest BCUT2D eigenvalue weighted by molar-refractivity contribution is 5.79. The molecule has 0 saturated heterocycles. The maximum absolute atomic E-state index is 11.8. The Morgan fingerprint density at radius 1 is 1.21 bits per heavy atom. The first-order valence-electron chi connectivity index (χ1n) is 6.24. The van der Waals surface area contributed by atoms with Gasteiger partial charge in [-0.3, -0.25) is 4.90 Å². The van der Waals surface area contributed by atoms with Crippen LogP contribution in [0.3, 0.4) is 0 Å². The summed E-state index contributed by atoms with van der Waals surface area (Å²) >= 11 is 0. The summed E-state index contributed by atoms with van der Waals surface area (Å²) in [5.41, 5.74) is -1.65. The van der Waals surface area contributed by atoms with Gasteiger partial charge in [-0.25, -0.2) is 9.59 Å². The van der Waals surface area contributed by atoms with Crippen molar-refractivity contribution in [2.75, 3.05) is 7.05 Å². The second-order valence-corrected chi connectivity index (χ2v) is 6.30. The molecule has 0 fully saturated rings. The Labute approximate surface area is 114 Å². The minimum atomic E-state index is -1.11. The predicted molar refractivity (Wildman–Crippen MR) is 71.0 cm³/mol. The molecule has 0 aliphatic rings. The van der Waals surface area contributed by atoms with Gasteiger partial charge in [0.15, 0.2) is 0 Å². The maximum Gasteiger partial charge on any atom is 0.410 e. The highest BCUT2D eigenvalue weighted by atomic mass is 16.6. The maximum atomic E-state index is 11.8. The monoisotopic (exact) mass is 275 g/mol. The number of nitrogens with zero attached hydrogens (tertiary/aromatic N) is 1. The van der Waals surface area contributed by atoms with E-state index < -0.39 is 29.3 Å². The van der Waals surface area contributed by atoms with Crippen molar-refractivity contribution < 1.29 is 24.5 Å². The highest BCUT2D eigenvalue weighted by Gasteiger charge is 2.31. The molecule has 0 aromatic rings. The van der Waals surface area contributed by atoms with E-state index in [1.807, 2.05) is 0 Å². The van der Waals surface area contributed by atoms with Crippen molar-refractivity contribution in [3.63, 3.8) is 0 Å². The van der Waals surface area contributed by atoms with Crippen LogP contribution in [0.25, 0.3) is 0 Å². The van der Waals surface area contributed by atoms with Crippen LogP contribution in [0.4, 0.5) is 4.79 Å². The van der Waals surface area contributed by atoms with Gasteiger partial charge in [0.2, 0.25) is 0 Å². The van der Waals surface area contributed by atoms with Gasteiger partial charge in [0.25, 0.3) is 0 Å². The van der Waals surface area contributed by atoms with E-state index in [1.165, 1.54) is 7.05 Å². The first kappa shape index (κ1) is 17.7. The quantitative estimate of drug-likeness (QED) is 0.799. The molecule has 0 aromatic heterocycles. The summed E-state index contributed by atoms with van der Waals surface area (Å²) in [6.45, 7) is 8.33. The van der Waals surface area contributed by atoms with Crippen LogP contribution in [0.15, 0.2) is 0 Å². The summed E-state index contributed by atoms with van der Waals surface area (Å²) in [5.74, 6) is -1.11. The van der Waals surface area contributed by atoms with E-state index >= 15 is 0 Å². The number of likely N-dealkylation sites (N-methyl/N-ethyl adjacent to an activating group) is 1. The summed E-state index contributed by atoms with van der Waals surface area (Å²) in [7, 11) is 1.39. The molecule has 0 bridgehead atoms. The Morgan fingerprint density at radius 3 is 2.00 bits per heavy atom. The first-order chi connectivity index (χ1) is 8.33. The lowest BCUT2D eigenvalue weighted by molar-refractivity contribution is -0.143. The topological polar surface area (TPSA) is 87.1 Å². The van der Waals surface area contributed by atoms with Gasteiger partial charge in [0, 0.05) is 7.05 Å². The SMILES string of the molecule is CN(C(=O)OC(C)(C)C)[C@@H](CCC(C)(C)O)C(=O)O. The fourth-order valence-electron chi connectivity index (χ4n) is 1.43. The molecule has 6 nitrogen and oxygen atoms in total. The molecule has 0 spiro atoms. The number of aliphatic carboxylic acids is 1. The van der Waals surface area contributed by atoms with Gasteiger partial charge in [-0.1, -0.05) is 0 Å². The highest BCUT2D eigenvalue weighted by Crippen LogP contribution is 2.17. The molecular weight excluding hydrogens is 250 g/mol. The van der Waals surface area contributed by atoms with Crippen molar-refractivity contribution in [3.8, 4) is 0 Å². The number of hydrogen-bond donors (Lipinski definition) is 2. The van der Waals surface area contributed by atoms with Gasteiger partial charge in [-0.15, -0.1) is 0 Å². The van der Waals surface area contributed by atoms with Crippen molar-refractivity contribution >= 4 is 12.1 Å². The van der Waals surface area contributed by atoms with Crippen LogP contribution in [-0.4, -0.2) is 51.5 Å². The molecule has 6 heteroatoms. The van der Waals surface area contributed by atoms with E-state index in [0.29, 0.717) is 0 Å². The number of carboxylic acid groups (broad SMARTS) is 1. The Hall–Kier alpha value is -1.30. The molecule has 0 aliphatic heterocycles. The summed E-state index contributed by atoms with van der Waals surface area (Å²) in [4.78, 5) is 24.1. The van der Waals surface area contributed by atoms with Crippen LogP contribution in [-0.2, 0) is 9.53 Å². The predicted octanol–water partition coefficient (Wildman–Crippen LogP) is 1.86. The van der Waals surface area contributed by atoms with Gasteiger partial charge < -0.3 is 14.9 Å². The van der Waals surface area contributed by atoms with Gasteiger partial charge in [0.05, 0.1) is 5.60 Å². The minimum absolute atomic E-state index is 0.161. The van der Waals surface area contributed by atoms with E-state index in [1.54, 1.807) is 34.6 Å². The fourth-order valence-corrected chi connectivity index (χ4v) is 1.43. The van der Waals surface area contributed by atoms with Crippen LogP contribution in [0.5, 0.6) is 0 Å². The van der Waals surface area contributed by atoms with Gasteiger partial charge in [-0.2, -0.15) is 0 Å². The number of amides is 1. The van der Waals surface area contributed by atoms with Crippen molar-refractivity contribution in [1.82, 2.24) is 4.90 Å². The number of carboxylic acids is 1. The van der Waals surface area contributed by atoms with Crippen molar-refractivity contribution in [2.45, 2.75) is 64.7 Å². The number of carbonyl (C=O) groups is 2. The standard InChI is InChI=1S/C13H25NO5/c1-12(2,3)19-11(17)14(6)9(10(15)16)7-8-13(4,5)18/h9,18H,7-8H2,1-6H3,(H,15,16)/t9-/m0/s1. The molecule has 112 valence electrons. The van der Waals surface area contributed by atoms with Crippen molar-refractivity contribution in [1.29, 1.82) is 0 Å². The minimum Gasteiger partial charge on any atom is -0.480 e. The van der Waals surface area contributed by atoms with E-state index in [0.717, 1.165) is 4.90 Å². The van der Waals surface area contributed by atoms with E-state index in [-0.39, 0.29) is 12.8 Å². The van der Waals surface area contributed by atoms with Crippen molar-refractivity contribution in [3.05, 3.63) is 0 Å². The zero-order valence-corrected chi connectivity index (χ0v) is 12.6. The zero-order valence-electron chi connectivity index (χ0n) is 12.6. The molecule has 0 heterocycles. The molecule has 1 amide bonds. The molecule has 0 saturated carbocycles. The molecular formula is C13H25NO5. The van der Waals surface area contributed by atoms with Crippen LogP contribution in [0, 0.1) is 0 Å². The lowest BCUT2D eigenvalue weighted by Gasteiger charge is -2.29. The molecule has 0 rings (SSSR count). The number of rotatable bonds is 5. The number of carbonyl (C=O) groups excluding carboxylic acids is 1. The van der Waals surface area contributed by atoms with E-state index in [4.69, 9.17) is 9.84 Å². The zero-order chi connectivity index (χ0) is 15.4. The molecule has 0 unspecified atom stereocenters. The third kappa shape index (κ3) is 7.66. The normalized spacial score (nSPS) is 13.8. The largest absolute Gasteiger partial charge is 0.480 e. The smallest absolute Gasteiger partial charge is 0.410 e. The lowest BCUT2D eigenvalue weighted by Crippen LogP contribution is -2.45. The summed E-state index contributed by atoms with van der Waals surface area (Å²) in [6, 6.07) is -1.01. The Morgan fingerprint density at radius 2 is 1.68 bits per heavy atom. The van der Waals surface area contributed by atoms with Gasteiger partial charge in [0.1, 0.15) is 11.6 Å². The Balaban J connectivity index is 4.71. The molecule has 1 atom stereocenters. The van der Waals surface area contributed by atoms with Gasteiger partial charge in [-0.05, 0) is 47.5 Å². The average molecular weight is 275 g/mol. The average Bonchev–Trinajstić information content (AvgIpc) is 2.12. The van der Waals surface area contributed by atoms with E-state index in [2.05, 4.69) is 0 Å². The van der Waals surface area contributed by atoms with Crippen LogP contribution in [0.2, 0.25) is 0 Å². The molecule has 19 heavy (non-hydrogen) atoms. The first-order valence-corrected chi connectivity index (χ1v) is 6.24. The number of ether oxygens (including phenoxy) is 1. The summed E-state index contributed by atoms with van der Waals surface area (Å²) in [6.07, 6.45) is -0.248. The van der Waals surface area contributed by atoms with Crippen LogP contribution < -0.4 is 0 Å². The second kappa shape index (κ2) is 6.23. The number of aliphatic hydroxyl groups is 1. The van der Waals surface area contributed by atoms with Gasteiger partial charge >= 0.3 is 12.1 Å². The second-order valence-electron chi connectivity index (χ2n) is 6.30. The summed E-state index contributed by atoms with van der Waals surface area (Å²) in [5, 5.41) is 18.8. The third-order valence-electron chi connectivity index (χ3n) is 2.46. The Kier molecular flexibility index (Phi) is 5.81. The Bertz CT molecular complexity index is 327. The molecule has 0 aromatic carbocycles. The lowest BCUT2D eigenvalue weighted by atomic mass is 9.99. The van der Waals surface area contributed by atoms with E-state index in [9.17, 15) is 14.7 Å². The fraction of sp³-hybridized carbons (Fsp3) is 0.846. The van der Waals surface area contributed by atoms with Crippen LogP contribution >= 0.6 is 0 Å². The molecule has 2 N–H and O–H groups in total. The summed E-state index contributed by atoms with van der Waals surface area (Å²) < 4.78 is 5.12. The molecule has 0 radical (unpaired) electrons. The number of hydrogen-bond acceptors (Lipinski definition) is 4. The van der Waals surface area contributed by atoms with Crippen molar-refractivity contribution in [2.24, 2.45) is 0 Å². The van der Waals surface area contributed by atoms with Crippen LogP contribution in [0.1, 0.15) is 47.5 Å².